The lowest BCUT2D eigenvalue weighted by Gasteiger charge is -2.08. The topological polar surface area (TPSA) is 85.7 Å². The normalized spacial score (nSPS) is 20.8. The fourth-order valence-electron chi connectivity index (χ4n) is 2.01. The SMILES string of the molecule is C1=c2occc2=C2OCCC2C1.NC(=O)O. The molecule has 3 rings (SSSR count). The van der Waals surface area contributed by atoms with Gasteiger partial charge in [-0.3, -0.25) is 0 Å². The standard InChI is InChI=1S/C10H10O2.CH3NO2/c1-2-9-8(4-6-11-9)10-7(1)3-5-12-10;2-1(3)4/h2,4,6-7H,1,3,5H2;2H2,(H,3,4). The number of hydrogen-bond acceptors (Lipinski definition) is 3. The Hall–Kier alpha value is -1.91. The van der Waals surface area contributed by atoms with E-state index in [2.05, 4.69) is 11.8 Å². The molecule has 5 heteroatoms. The van der Waals surface area contributed by atoms with Crippen LogP contribution < -0.4 is 16.4 Å². The van der Waals surface area contributed by atoms with E-state index in [4.69, 9.17) is 19.1 Å². The lowest BCUT2D eigenvalue weighted by molar-refractivity contribution is 0.205. The third-order valence-electron chi connectivity index (χ3n) is 2.64. The highest BCUT2D eigenvalue weighted by Gasteiger charge is 2.25. The van der Waals surface area contributed by atoms with E-state index in [0.717, 1.165) is 30.6 Å². The van der Waals surface area contributed by atoms with E-state index in [1.54, 1.807) is 6.26 Å². The first-order chi connectivity index (χ1) is 7.68. The van der Waals surface area contributed by atoms with Crippen LogP contribution in [0.2, 0.25) is 0 Å². The van der Waals surface area contributed by atoms with Crippen LogP contribution in [0.1, 0.15) is 12.8 Å². The van der Waals surface area contributed by atoms with Crippen LogP contribution in [-0.2, 0) is 4.74 Å². The number of nitrogens with two attached hydrogens (primary N) is 1. The van der Waals surface area contributed by atoms with Crippen LogP contribution >= 0.6 is 0 Å². The molecule has 0 radical (unpaired) electrons. The maximum atomic E-state index is 8.78. The van der Waals surface area contributed by atoms with Gasteiger partial charge in [-0.25, -0.2) is 4.79 Å². The van der Waals surface area contributed by atoms with Crippen LogP contribution in [-0.4, -0.2) is 17.8 Å². The summed E-state index contributed by atoms with van der Waals surface area (Å²) in [5.74, 6) is 1.77. The fraction of sp³-hybridized carbons (Fsp3) is 0.364. The number of carboxylic acid groups (broad SMARTS) is 1. The molecule has 1 aromatic rings. The number of fused-ring (bicyclic) bond motifs is 2. The van der Waals surface area contributed by atoms with Crippen molar-refractivity contribution in [3.05, 3.63) is 23.0 Å². The zero-order valence-corrected chi connectivity index (χ0v) is 8.68. The molecule has 1 aliphatic carbocycles. The Morgan fingerprint density at radius 1 is 1.56 bits per heavy atom. The molecule has 0 saturated carbocycles. The Bertz CT molecular complexity index is 498. The van der Waals surface area contributed by atoms with E-state index >= 15 is 0 Å². The Morgan fingerprint density at radius 2 is 2.31 bits per heavy atom. The van der Waals surface area contributed by atoms with Gasteiger partial charge in [0, 0.05) is 5.92 Å². The van der Waals surface area contributed by atoms with Crippen molar-refractivity contribution >= 4 is 17.9 Å². The van der Waals surface area contributed by atoms with Gasteiger partial charge in [0.2, 0.25) is 0 Å². The van der Waals surface area contributed by atoms with Gasteiger partial charge in [-0.2, -0.15) is 0 Å². The molecule has 0 aromatic carbocycles. The minimum absolute atomic E-state index is 0.620. The third kappa shape index (κ3) is 2.03. The average Bonchev–Trinajstić information content (AvgIpc) is 2.84. The monoisotopic (exact) mass is 223 g/mol. The quantitative estimate of drug-likeness (QED) is 0.659. The van der Waals surface area contributed by atoms with E-state index in [-0.39, 0.29) is 0 Å². The molecule has 1 fully saturated rings. The average molecular weight is 223 g/mol. The van der Waals surface area contributed by atoms with Gasteiger partial charge in [0.25, 0.3) is 0 Å². The second-order valence-corrected chi connectivity index (χ2v) is 3.67. The van der Waals surface area contributed by atoms with Gasteiger partial charge in [-0.15, -0.1) is 0 Å². The zero-order valence-electron chi connectivity index (χ0n) is 8.68. The van der Waals surface area contributed by atoms with Gasteiger partial charge in [-0.05, 0) is 25.0 Å². The summed E-state index contributed by atoms with van der Waals surface area (Å²) in [7, 11) is 0. The molecule has 2 heterocycles. The highest BCUT2D eigenvalue weighted by molar-refractivity contribution is 5.61. The molecule has 0 bridgehead atoms. The summed E-state index contributed by atoms with van der Waals surface area (Å²) >= 11 is 0. The van der Waals surface area contributed by atoms with Crippen molar-refractivity contribution in [2.75, 3.05) is 6.61 Å². The summed E-state index contributed by atoms with van der Waals surface area (Å²) in [5, 5.41) is 8.36. The molecule has 1 saturated heterocycles. The maximum Gasteiger partial charge on any atom is 0.402 e. The molecule has 1 aromatic heterocycles. The van der Waals surface area contributed by atoms with E-state index in [1.165, 1.54) is 5.22 Å². The molecule has 1 atom stereocenters. The lowest BCUT2D eigenvalue weighted by Crippen LogP contribution is -2.28. The minimum atomic E-state index is -1.33. The van der Waals surface area contributed by atoms with Crippen LogP contribution in [0.4, 0.5) is 4.79 Å². The smallest absolute Gasteiger partial charge is 0.402 e. The molecular weight excluding hydrogens is 210 g/mol. The maximum absolute atomic E-state index is 8.78. The molecule has 3 N–H and O–H groups in total. The second-order valence-electron chi connectivity index (χ2n) is 3.67. The van der Waals surface area contributed by atoms with Crippen molar-refractivity contribution in [3.63, 3.8) is 0 Å². The first-order valence-electron chi connectivity index (χ1n) is 5.07. The van der Waals surface area contributed by atoms with Crippen LogP contribution in [0.25, 0.3) is 11.8 Å². The largest absolute Gasteiger partial charge is 0.497 e. The molecule has 2 aliphatic rings. The molecule has 86 valence electrons. The van der Waals surface area contributed by atoms with Gasteiger partial charge < -0.3 is 20.0 Å². The van der Waals surface area contributed by atoms with Crippen molar-refractivity contribution in [2.45, 2.75) is 12.8 Å². The number of primary amides is 1. The number of ether oxygens (including phenoxy) is 1. The molecule has 16 heavy (non-hydrogen) atoms. The summed E-state index contributed by atoms with van der Waals surface area (Å²) in [6.45, 7) is 0.873. The Balaban J connectivity index is 0.000000212. The highest BCUT2D eigenvalue weighted by atomic mass is 16.5. The van der Waals surface area contributed by atoms with Crippen LogP contribution in [0.5, 0.6) is 0 Å². The van der Waals surface area contributed by atoms with E-state index in [0.29, 0.717) is 5.92 Å². The summed E-state index contributed by atoms with van der Waals surface area (Å²) in [5.41, 5.74) is 5.02. The second kappa shape index (κ2) is 4.30. The van der Waals surface area contributed by atoms with Gasteiger partial charge in [-0.1, -0.05) is 0 Å². The van der Waals surface area contributed by atoms with E-state index < -0.39 is 6.09 Å². The fourth-order valence-corrected chi connectivity index (χ4v) is 2.01. The lowest BCUT2D eigenvalue weighted by atomic mass is 9.97. The van der Waals surface area contributed by atoms with E-state index in [9.17, 15) is 0 Å². The van der Waals surface area contributed by atoms with Gasteiger partial charge in [0.15, 0.2) is 0 Å². The number of rotatable bonds is 0. The van der Waals surface area contributed by atoms with Crippen molar-refractivity contribution < 1.29 is 19.1 Å². The number of amides is 1. The highest BCUT2D eigenvalue weighted by Crippen LogP contribution is 2.29. The van der Waals surface area contributed by atoms with Crippen LogP contribution in [0, 0.1) is 5.92 Å². The van der Waals surface area contributed by atoms with Crippen molar-refractivity contribution in [1.29, 1.82) is 0 Å². The molecule has 1 amide bonds. The van der Waals surface area contributed by atoms with Gasteiger partial charge >= 0.3 is 6.09 Å². The predicted octanol–water partition coefficient (Wildman–Crippen LogP) is 0.232. The molecule has 1 aliphatic heterocycles. The van der Waals surface area contributed by atoms with Crippen molar-refractivity contribution in [3.8, 4) is 0 Å². The number of carbonyl (C=O) groups is 1. The number of furan rings is 1. The Morgan fingerprint density at radius 3 is 3.06 bits per heavy atom. The summed E-state index contributed by atoms with van der Waals surface area (Å²) < 4.78 is 10.9. The molecule has 5 nitrogen and oxygen atoms in total. The Kier molecular flexibility index (Phi) is 2.85. The van der Waals surface area contributed by atoms with Crippen molar-refractivity contribution in [2.24, 2.45) is 11.7 Å². The first kappa shape index (κ1) is 10.6. The van der Waals surface area contributed by atoms with E-state index in [1.807, 2.05) is 6.07 Å². The Labute approximate surface area is 91.8 Å². The molecule has 1 unspecified atom stereocenters. The summed E-state index contributed by atoms with van der Waals surface area (Å²) in [4.78, 5) is 8.78. The first-order valence-corrected chi connectivity index (χ1v) is 5.07. The number of hydrogen-bond donors (Lipinski definition) is 2. The molecule has 0 spiro atoms. The van der Waals surface area contributed by atoms with Gasteiger partial charge in [0.05, 0.1) is 18.1 Å². The van der Waals surface area contributed by atoms with Crippen molar-refractivity contribution in [1.82, 2.24) is 0 Å². The predicted molar refractivity (Wildman–Crippen MR) is 56.7 cm³/mol. The van der Waals surface area contributed by atoms with Gasteiger partial charge in [0.1, 0.15) is 11.2 Å². The zero-order chi connectivity index (χ0) is 11.5. The summed E-state index contributed by atoms with van der Waals surface area (Å²) in [6, 6.07) is 2.00. The molecular formula is C11H13NO4. The third-order valence-corrected chi connectivity index (χ3v) is 2.64. The minimum Gasteiger partial charge on any atom is -0.497 e. The summed E-state index contributed by atoms with van der Waals surface area (Å²) in [6.07, 6.45) is 4.81. The van der Waals surface area contributed by atoms with Crippen LogP contribution in [0.15, 0.2) is 16.7 Å². The van der Waals surface area contributed by atoms with Crippen LogP contribution in [0.3, 0.4) is 0 Å².